The van der Waals surface area contributed by atoms with Crippen LogP contribution >= 0.6 is 0 Å². The molecular weight excluding hydrogens is 371 g/mol. The van der Waals surface area contributed by atoms with Gasteiger partial charge in [0, 0.05) is 26.1 Å². The fourth-order valence-corrected chi connectivity index (χ4v) is 4.45. The minimum absolute atomic E-state index is 0.00892. The van der Waals surface area contributed by atoms with Crippen molar-refractivity contribution in [3.05, 3.63) is 35.1 Å². The smallest absolute Gasteiger partial charge is 0.237 e. The monoisotopic (exact) mass is 400 g/mol. The third-order valence-corrected chi connectivity index (χ3v) is 5.85. The topological polar surface area (TPSA) is 76.4 Å². The maximum Gasteiger partial charge on any atom is 0.237 e. The molecule has 2 heterocycles. The lowest BCUT2D eigenvalue weighted by atomic mass is 9.86. The maximum atomic E-state index is 13.8. The average molecular weight is 400 g/mol. The molecule has 156 valence electrons. The predicted octanol–water partition coefficient (Wildman–Crippen LogP) is 2.40. The third kappa shape index (κ3) is 4.76. The van der Waals surface area contributed by atoms with Crippen LogP contribution < -0.4 is 5.32 Å². The zero-order valence-electron chi connectivity index (χ0n) is 17.2. The van der Waals surface area contributed by atoms with Crippen molar-refractivity contribution >= 4 is 11.8 Å². The van der Waals surface area contributed by atoms with E-state index in [0.29, 0.717) is 19.6 Å². The number of nitrogens with zero attached hydrogens (tertiary/aromatic N) is 3. The Hall–Kier alpha value is -2.46. The highest BCUT2D eigenvalue weighted by Gasteiger charge is 2.33. The molecular formula is C22H29FN4O2. The minimum Gasteiger partial charge on any atom is -0.335 e. The van der Waals surface area contributed by atoms with Crippen molar-refractivity contribution in [2.75, 3.05) is 26.2 Å². The highest BCUT2D eigenvalue weighted by atomic mass is 19.1. The first-order chi connectivity index (χ1) is 13.9. The highest BCUT2D eigenvalue weighted by molar-refractivity contribution is 5.80. The van der Waals surface area contributed by atoms with Gasteiger partial charge in [-0.05, 0) is 48.4 Å². The van der Waals surface area contributed by atoms with Crippen LogP contribution in [0.3, 0.4) is 0 Å². The summed E-state index contributed by atoms with van der Waals surface area (Å²) in [5.74, 6) is -0.188. The second-order valence-electron chi connectivity index (χ2n) is 8.17. The largest absolute Gasteiger partial charge is 0.335 e. The number of carbonyl (C=O) groups excluding carboxylic acids is 2. The number of amides is 2. The van der Waals surface area contributed by atoms with E-state index in [1.807, 2.05) is 24.8 Å². The Morgan fingerprint density at radius 1 is 1.28 bits per heavy atom. The lowest BCUT2D eigenvalue weighted by Gasteiger charge is -2.40. The fourth-order valence-electron chi connectivity index (χ4n) is 4.45. The molecule has 6 nitrogen and oxygen atoms in total. The van der Waals surface area contributed by atoms with Crippen LogP contribution in [0.2, 0.25) is 0 Å². The van der Waals surface area contributed by atoms with Gasteiger partial charge in [0.15, 0.2) is 0 Å². The van der Waals surface area contributed by atoms with Gasteiger partial charge in [-0.1, -0.05) is 19.9 Å². The first-order valence-electron chi connectivity index (χ1n) is 10.4. The molecule has 2 amide bonds. The van der Waals surface area contributed by atoms with Crippen LogP contribution in [0, 0.1) is 23.1 Å². The Bertz CT molecular complexity index is 804. The van der Waals surface area contributed by atoms with E-state index in [2.05, 4.69) is 11.4 Å². The van der Waals surface area contributed by atoms with Gasteiger partial charge in [0.1, 0.15) is 11.9 Å². The van der Waals surface area contributed by atoms with Crippen molar-refractivity contribution < 1.29 is 14.0 Å². The van der Waals surface area contributed by atoms with Gasteiger partial charge < -0.3 is 15.1 Å². The Morgan fingerprint density at radius 2 is 2.07 bits per heavy atom. The van der Waals surface area contributed by atoms with Crippen LogP contribution in [-0.2, 0) is 16.0 Å². The molecule has 1 fully saturated rings. The van der Waals surface area contributed by atoms with Gasteiger partial charge in [-0.2, -0.15) is 5.26 Å². The molecule has 0 aromatic heterocycles. The van der Waals surface area contributed by atoms with Crippen LogP contribution in [-0.4, -0.2) is 53.8 Å². The summed E-state index contributed by atoms with van der Waals surface area (Å²) < 4.78 is 13.8. The summed E-state index contributed by atoms with van der Waals surface area (Å²) in [5, 5.41) is 12.1. The number of nitriles is 1. The molecule has 1 unspecified atom stereocenters. The van der Waals surface area contributed by atoms with E-state index < -0.39 is 0 Å². The standard InChI is InChI=1S/C22H29FN4O2/c1-15(2)22-19-12-17(23)6-5-16(19)8-11-27(22)20(28)7-9-25-14-21(29)26-10-3-4-18(26)13-24/h5-6,12,15,18,22,25H,3-4,7-11,14H2,1-2H3/t18-,22?/m0/s1. The molecule has 1 N–H and O–H groups in total. The number of benzene rings is 1. The predicted molar refractivity (Wildman–Crippen MR) is 107 cm³/mol. The quantitative estimate of drug-likeness (QED) is 0.744. The normalized spacial score (nSPS) is 21.2. The molecule has 1 saturated heterocycles. The number of fused-ring (bicyclic) bond motifs is 1. The van der Waals surface area contributed by atoms with E-state index >= 15 is 0 Å². The number of rotatable bonds is 6. The van der Waals surface area contributed by atoms with Gasteiger partial charge in [0.2, 0.25) is 11.8 Å². The Kier molecular flexibility index (Phi) is 6.86. The van der Waals surface area contributed by atoms with Gasteiger partial charge in [0.25, 0.3) is 0 Å². The number of carbonyl (C=O) groups is 2. The molecule has 0 aliphatic carbocycles. The number of nitrogens with one attached hydrogen (secondary N) is 1. The zero-order valence-corrected chi connectivity index (χ0v) is 17.2. The second kappa shape index (κ2) is 9.36. The molecule has 1 aromatic rings. The minimum atomic E-state index is -0.327. The summed E-state index contributed by atoms with van der Waals surface area (Å²) in [5.41, 5.74) is 2.01. The van der Waals surface area contributed by atoms with E-state index in [0.717, 1.165) is 30.4 Å². The summed E-state index contributed by atoms with van der Waals surface area (Å²) in [6.07, 6.45) is 2.59. The molecule has 0 radical (unpaired) electrons. The SMILES string of the molecule is CC(C)C1c2cc(F)ccc2CCN1C(=O)CCNCC(=O)N1CCC[C@H]1C#N. The first-order valence-corrected chi connectivity index (χ1v) is 10.4. The molecule has 3 rings (SSSR count). The van der Waals surface area contributed by atoms with Crippen LogP contribution in [0.4, 0.5) is 4.39 Å². The van der Waals surface area contributed by atoms with Gasteiger partial charge in [-0.15, -0.1) is 0 Å². The Balaban J connectivity index is 1.54. The highest BCUT2D eigenvalue weighted by Crippen LogP contribution is 2.35. The van der Waals surface area contributed by atoms with E-state index in [1.54, 1.807) is 11.0 Å². The number of hydrogen-bond donors (Lipinski definition) is 1. The molecule has 0 bridgehead atoms. The van der Waals surface area contributed by atoms with Crippen LogP contribution in [0.5, 0.6) is 0 Å². The number of hydrogen-bond acceptors (Lipinski definition) is 4. The molecule has 0 spiro atoms. The number of halogens is 1. The molecule has 2 aliphatic heterocycles. The van der Waals surface area contributed by atoms with E-state index in [-0.39, 0.29) is 48.6 Å². The van der Waals surface area contributed by atoms with Crippen molar-refractivity contribution in [3.63, 3.8) is 0 Å². The number of likely N-dealkylation sites (tertiary alicyclic amines) is 1. The van der Waals surface area contributed by atoms with E-state index in [4.69, 9.17) is 5.26 Å². The molecule has 7 heteroatoms. The van der Waals surface area contributed by atoms with Crippen molar-refractivity contribution in [2.24, 2.45) is 5.92 Å². The molecule has 0 saturated carbocycles. The second-order valence-corrected chi connectivity index (χ2v) is 8.17. The van der Waals surface area contributed by atoms with Gasteiger partial charge in [-0.25, -0.2) is 4.39 Å². The van der Waals surface area contributed by atoms with Crippen molar-refractivity contribution in [2.45, 2.75) is 51.6 Å². The summed E-state index contributed by atoms with van der Waals surface area (Å²) in [7, 11) is 0. The average Bonchev–Trinajstić information content (AvgIpc) is 3.18. The molecule has 1 aromatic carbocycles. The van der Waals surface area contributed by atoms with Gasteiger partial charge >= 0.3 is 0 Å². The molecule has 2 atom stereocenters. The van der Waals surface area contributed by atoms with E-state index in [9.17, 15) is 14.0 Å². The third-order valence-electron chi connectivity index (χ3n) is 5.85. The summed E-state index contributed by atoms with van der Waals surface area (Å²) in [6, 6.07) is 6.55. The van der Waals surface area contributed by atoms with Crippen LogP contribution in [0.1, 0.15) is 50.3 Å². The summed E-state index contributed by atoms with van der Waals surface area (Å²) in [6.45, 7) is 5.86. The molecule has 29 heavy (non-hydrogen) atoms. The van der Waals surface area contributed by atoms with Crippen molar-refractivity contribution in [1.29, 1.82) is 5.26 Å². The van der Waals surface area contributed by atoms with Crippen molar-refractivity contribution in [3.8, 4) is 6.07 Å². The van der Waals surface area contributed by atoms with Crippen LogP contribution in [0.15, 0.2) is 18.2 Å². The summed E-state index contributed by atoms with van der Waals surface area (Å²) >= 11 is 0. The van der Waals surface area contributed by atoms with Crippen molar-refractivity contribution in [1.82, 2.24) is 15.1 Å². The van der Waals surface area contributed by atoms with Gasteiger partial charge in [0.05, 0.1) is 18.7 Å². The lowest BCUT2D eigenvalue weighted by Crippen LogP contribution is -2.44. The molecule has 2 aliphatic rings. The zero-order chi connectivity index (χ0) is 21.0. The fraction of sp³-hybridized carbons (Fsp3) is 0.591. The Morgan fingerprint density at radius 3 is 2.79 bits per heavy atom. The summed E-state index contributed by atoms with van der Waals surface area (Å²) in [4.78, 5) is 28.6. The lowest BCUT2D eigenvalue weighted by molar-refractivity contribution is -0.135. The first kappa shape index (κ1) is 21.3. The van der Waals surface area contributed by atoms with Crippen LogP contribution in [0.25, 0.3) is 0 Å². The maximum absolute atomic E-state index is 13.8. The van der Waals surface area contributed by atoms with E-state index in [1.165, 1.54) is 6.07 Å². The Labute approximate surface area is 171 Å². The van der Waals surface area contributed by atoms with Gasteiger partial charge in [-0.3, -0.25) is 9.59 Å².